The van der Waals surface area contributed by atoms with Crippen LogP contribution < -0.4 is 4.74 Å². The first-order valence-corrected chi connectivity index (χ1v) is 4.26. The zero-order chi connectivity index (χ0) is 11.0. The Hall–Kier alpha value is -2.11. The normalized spacial score (nSPS) is 10.5. The average Bonchev–Trinajstić information content (AvgIpc) is 2.62. The van der Waals surface area contributed by atoms with Crippen molar-refractivity contribution in [2.75, 3.05) is 7.11 Å². The van der Waals surface area contributed by atoms with Crippen molar-refractivity contribution in [2.24, 2.45) is 0 Å². The second kappa shape index (κ2) is 3.23. The SMILES string of the molecule is COc1c(C(=O)O)c(C)nc2ccnn12. The lowest BCUT2D eigenvalue weighted by Gasteiger charge is -2.08. The molecule has 0 atom stereocenters. The highest BCUT2D eigenvalue weighted by molar-refractivity contribution is 5.91. The Balaban J connectivity index is 2.88. The standard InChI is InChI=1S/C9H9N3O3/c1-5-7(9(13)14)8(15-2)12-6(11-5)3-4-10-12/h3-4H,1-2H3,(H,13,14). The molecule has 1 N–H and O–H groups in total. The molecule has 78 valence electrons. The number of carbonyl (C=O) groups is 1. The lowest BCUT2D eigenvalue weighted by Crippen LogP contribution is -2.10. The van der Waals surface area contributed by atoms with Crippen molar-refractivity contribution in [1.29, 1.82) is 0 Å². The van der Waals surface area contributed by atoms with Gasteiger partial charge in [-0.05, 0) is 6.92 Å². The molecule has 0 bridgehead atoms. The number of aryl methyl sites for hydroxylation is 1. The molecule has 0 aromatic carbocycles. The molecule has 6 heteroatoms. The third-order valence-corrected chi connectivity index (χ3v) is 2.08. The second-order valence-corrected chi connectivity index (χ2v) is 2.99. The third kappa shape index (κ3) is 1.30. The lowest BCUT2D eigenvalue weighted by molar-refractivity contribution is 0.0690. The number of nitrogens with zero attached hydrogens (tertiary/aromatic N) is 3. The summed E-state index contributed by atoms with van der Waals surface area (Å²) in [6, 6.07) is 1.68. The summed E-state index contributed by atoms with van der Waals surface area (Å²) in [5, 5.41) is 13.0. The molecule has 0 saturated carbocycles. The first kappa shape index (κ1) is 9.45. The molecule has 6 nitrogen and oxygen atoms in total. The fourth-order valence-corrected chi connectivity index (χ4v) is 1.46. The van der Waals surface area contributed by atoms with Crippen LogP contribution in [-0.4, -0.2) is 32.8 Å². The Kier molecular flexibility index (Phi) is 2.03. The quantitative estimate of drug-likeness (QED) is 0.786. The lowest BCUT2D eigenvalue weighted by atomic mass is 10.2. The van der Waals surface area contributed by atoms with E-state index in [0.29, 0.717) is 11.3 Å². The fraction of sp³-hybridized carbons (Fsp3) is 0.222. The molecule has 0 amide bonds. The van der Waals surface area contributed by atoms with Gasteiger partial charge in [0.05, 0.1) is 19.0 Å². The molecule has 2 heterocycles. The van der Waals surface area contributed by atoms with Gasteiger partial charge in [0, 0.05) is 6.07 Å². The molecular weight excluding hydrogens is 198 g/mol. The molecule has 0 aliphatic carbocycles. The van der Waals surface area contributed by atoms with Crippen LogP contribution in [0, 0.1) is 6.92 Å². The summed E-state index contributed by atoms with van der Waals surface area (Å²) in [6.45, 7) is 1.62. The number of hydrogen-bond acceptors (Lipinski definition) is 4. The van der Waals surface area contributed by atoms with E-state index >= 15 is 0 Å². The first-order valence-electron chi connectivity index (χ1n) is 4.26. The second-order valence-electron chi connectivity index (χ2n) is 2.99. The predicted molar refractivity (Wildman–Crippen MR) is 51.2 cm³/mol. The van der Waals surface area contributed by atoms with Gasteiger partial charge in [0.1, 0.15) is 5.56 Å². The van der Waals surface area contributed by atoms with Gasteiger partial charge in [-0.3, -0.25) is 0 Å². The molecule has 2 aromatic heterocycles. The van der Waals surface area contributed by atoms with Crippen molar-refractivity contribution in [3.63, 3.8) is 0 Å². The van der Waals surface area contributed by atoms with Gasteiger partial charge in [0.15, 0.2) is 5.65 Å². The van der Waals surface area contributed by atoms with Crippen LogP contribution in [-0.2, 0) is 0 Å². The van der Waals surface area contributed by atoms with Gasteiger partial charge in [-0.2, -0.15) is 9.61 Å². The van der Waals surface area contributed by atoms with E-state index < -0.39 is 5.97 Å². The largest absolute Gasteiger partial charge is 0.480 e. The van der Waals surface area contributed by atoms with Crippen molar-refractivity contribution in [2.45, 2.75) is 6.92 Å². The van der Waals surface area contributed by atoms with Gasteiger partial charge in [0.2, 0.25) is 5.88 Å². The molecule has 0 aliphatic rings. The highest BCUT2D eigenvalue weighted by Crippen LogP contribution is 2.21. The minimum atomic E-state index is -1.07. The number of aromatic nitrogens is 3. The van der Waals surface area contributed by atoms with Gasteiger partial charge in [-0.15, -0.1) is 0 Å². The molecule has 0 saturated heterocycles. The number of ether oxygens (including phenoxy) is 1. The molecule has 0 radical (unpaired) electrons. The highest BCUT2D eigenvalue weighted by Gasteiger charge is 2.19. The smallest absolute Gasteiger partial charge is 0.343 e. The van der Waals surface area contributed by atoms with Gasteiger partial charge < -0.3 is 9.84 Å². The summed E-state index contributed by atoms with van der Waals surface area (Å²) in [6.07, 6.45) is 1.54. The van der Waals surface area contributed by atoms with Gasteiger partial charge in [-0.25, -0.2) is 9.78 Å². The van der Waals surface area contributed by atoms with E-state index in [1.807, 2.05) is 0 Å². The number of aromatic carboxylic acids is 1. The van der Waals surface area contributed by atoms with Crippen LogP contribution in [0.3, 0.4) is 0 Å². The number of hydrogen-bond donors (Lipinski definition) is 1. The average molecular weight is 207 g/mol. The molecule has 0 spiro atoms. The number of carboxylic acids is 1. The van der Waals surface area contributed by atoms with Gasteiger partial charge >= 0.3 is 5.97 Å². The first-order chi connectivity index (χ1) is 7.15. The maximum absolute atomic E-state index is 11.0. The highest BCUT2D eigenvalue weighted by atomic mass is 16.5. The summed E-state index contributed by atoms with van der Waals surface area (Å²) in [5.41, 5.74) is 1.01. The Morgan fingerprint density at radius 1 is 1.60 bits per heavy atom. The summed E-state index contributed by atoms with van der Waals surface area (Å²) < 4.78 is 6.40. The molecule has 15 heavy (non-hydrogen) atoms. The number of methoxy groups -OCH3 is 1. The summed E-state index contributed by atoms with van der Waals surface area (Å²) in [7, 11) is 1.41. The summed E-state index contributed by atoms with van der Waals surface area (Å²) in [4.78, 5) is 15.1. The molecule has 0 aliphatic heterocycles. The van der Waals surface area contributed by atoms with E-state index in [1.165, 1.54) is 17.8 Å². The molecular formula is C9H9N3O3. The van der Waals surface area contributed by atoms with E-state index in [1.54, 1.807) is 13.0 Å². The van der Waals surface area contributed by atoms with Crippen LogP contribution in [0.4, 0.5) is 0 Å². The van der Waals surface area contributed by atoms with E-state index in [0.717, 1.165) is 0 Å². The Labute approximate surface area is 85.1 Å². The minimum absolute atomic E-state index is 0.0358. The Bertz CT molecular complexity index is 533. The zero-order valence-corrected chi connectivity index (χ0v) is 8.26. The van der Waals surface area contributed by atoms with Crippen LogP contribution in [0.25, 0.3) is 5.65 Å². The van der Waals surface area contributed by atoms with E-state index in [-0.39, 0.29) is 11.4 Å². The maximum atomic E-state index is 11.0. The monoisotopic (exact) mass is 207 g/mol. The maximum Gasteiger partial charge on any atom is 0.343 e. The van der Waals surface area contributed by atoms with Crippen LogP contribution in [0.5, 0.6) is 5.88 Å². The van der Waals surface area contributed by atoms with E-state index in [4.69, 9.17) is 9.84 Å². The number of rotatable bonds is 2. The number of carboxylic acid groups (broad SMARTS) is 1. The molecule has 0 fully saturated rings. The minimum Gasteiger partial charge on any atom is -0.480 e. The third-order valence-electron chi connectivity index (χ3n) is 2.08. The van der Waals surface area contributed by atoms with Crippen molar-refractivity contribution in [3.05, 3.63) is 23.5 Å². The summed E-state index contributed by atoms with van der Waals surface area (Å²) in [5.74, 6) is -0.885. The van der Waals surface area contributed by atoms with Gasteiger partial charge in [0.25, 0.3) is 0 Å². The Morgan fingerprint density at radius 2 is 2.33 bits per heavy atom. The zero-order valence-electron chi connectivity index (χ0n) is 8.26. The summed E-state index contributed by atoms with van der Waals surface area (Å²) >= 11 is 0. The predicted octanol–water partition coefficient (Wildman–Crippen LogP) is 0.745. The molecule has 0 unspecified atom stereocenters. The van der Waals surface area contributed by atoms with Crippen LogP contribution in [0.15, 0.2) is 12.3 Å². The van der Waals surface area contributed by atoms with Crippen LogP contribution in [0.1, 0.15) is 16.1 Å². The van der Waals surface area contributed by atoms with E-state index in [2.05, 4.69) is 10.1 Å². The van der Waals surface area contributed by atoms with Crippen molar-refractivity contribution < 1.29 is 14.6 Å². The Morgan fingerprint density at radius 3 is 2.93 bits per heavy atom. The van der Waals surface area contributed by atoms with E-state index in [9.17, 15) is 4.79 Å². The topological polar surface area (TPSA) is 76.7 Å². The van der Waals surface area contributed by atoms with Crippen LogP contribution >= 0.6 is 0 Å². The molecule has 2 aromatic rings. The van der Waals surface area contributed by atoms with Gasteiger partial charge in [-0.1, -0.05) is 0 Å². The van der Waals surface area contributed by atoms with Crippen LogP contribution in [0.2, 0.25) is 0 Å². The van der Waals surface area contributed by atoms with Crippen molar-refractivity contribution in [1.82, 2.24) is 14.6 Å². The van der Waals surface area contributed by atoms with Crippen molar-refractivity contribution >= 4 is 11.6 Å². The van der Waals surface area contributed by atoms with Crippen molar-refractivity contribution in [3.8, 4) is 5.88 Å². The fourth-order valence-electron chi connectivity index (χ4n) is 1.46. The number of fused-ring (bicyclic) bond motifs is 1. The molecule has 2 rings (SSSR count).